The van der Waals surface area contributed by atoms with E-state index in [0.29, 0.717) is 0 Å². The van der Waals surface area contributed by atoms with Gasteiger partial charge in [0, 0.05) is 0 Å². The summed E-state index contributed by atoms with van der Waals surface area (Å²) in [6.45, 7) is 1.15. The van der Waals surface area contributed by atoms with E-state index >= 15 is 0 Å². The number of halogens is 1. The zero-order valence-electron chi connectivity index (χ0n) is 8.73. The summed E-state index contributed by atoms with van der Waals surface area (Å²) in [6, 6.07) is 2.74. The zero-order chi connectivity index (χ0) is 12.8. The van der Waals surface area contributed by atoms with Crippen molar-refractivity contribution in [1.82, 2.24) is 4.72 Å². The number of hydrogen-bond acceptors (Lipinski definition) is 4. The summed E-state index contributed by atoms with van der Waals surface area (Å²) in [4.78, 5) is 23.0. The van der Waals surface area contributed by atoms with Crippen LogP contribution in [0.4, 0.5) is 0 Å². The number of nitrogens with one attached hydrogen (secondary N) is 1. The number of fused-ring (bicyclic) bond motifs is 1. The minimum absolute atomic E-state index is 0.0313. The minimum atomic E-state index is -3.87. The number of rotatable bonds is 1. The van der Waals surface area contributed by atoms with Gasteiger partial charge in [0.05, 0.1) is 15.5 Å². The molecule has 1 aliphatic heterocycles. The Kier molecular flexibility index (Phi) is 2.81. The molecule has 0 aliphatic carbocycles. The first-order valence-electron chi connectivity index (χ1n) is 4.70. The van der Waals surface area contributed by atoms with Gasteiger partial charge >= 0.3 is 0 Å². The Morgan fingerprint density at radius 1 is 1.41 bits per heavy atom. The summed E-state index contributed by atoms with van der Waals surface area (Å²) >= 11 is 5.81. The van der Waals surface area contributed by atoms with Gasteiger partial charge in [0.1, 0.15) is 6.04 Å². The Bertz CT molecular complexity index is 623. The van der Waals surface area contributed by atoms with E-state index in [1.54, 1.807) is 0 Å². The second-order valence-corrected chi connectivity index (χ2v) is 5.73. The predicted octanol–water partition coefficient (Wildman–Crippen LogP) is 0.772. The molecule has 0 saturated carbocycles. The van der Waals surface area contributed by atoms with Gasteiger partial charge < -0.3 is 0 Å². The van der Waals surface area contributed by atoms with Gasteiger partial charge in [-0.25, -0.2) is 8.42 Å². The van der Waals surface area contributed by atoms with Crippen molar-refractivity contribution < 1.29 is 18.0 Å². The van der Waals surface area contributed by atoms with Crippen LogP contribution in [0.2, 0.25) is 5.02 Å². The first-order valence-corrected chi connectivity index (χ1v) is 6.56. The summed E-state index contributed by atoms with van der Waals surface area (Å²) in [5, 5.41) is 0.0313. The maximum atomic E-state index is 11.9. The summed E-state index contributed by atoms with van der Waals surface area (Å²) < 4.78 is 25.7. The summed E-state index contributed by atoms with van der Waals surface area (Å²) in [6.07, 6.45) is 0. The maximum absolute atomic E-state index is 11.9. The Morgan fingerprint density at radius 2 is 2.06 bits per heavy atom. The highest BCUT2D eigenvalue weighted by atomic mass is 35.5. The molecule has 1 aromatic rings. The smallest absolute Gasteiger partial charge is 0.242 e. The van der Waals surface area contributed by atoms with Crippen molar-refractivity contribution in [3.63, 3.8) is 0 Å². The number of ketones is 2. The molecule has 0 saturated heterocycles. The van der Waals surface area contributed by atoms with Gasteiger partial charge in [-0.1, -0.05) is 17.7 Å². The molecule has 0 bridgehead atoms. The van der Waals surface area contributed by atoms with Gasteiger partial charge in [-0.3, -0.25) is 9.59 Å². The van der Waals surface area contributed by atoms with Gasteiger partial charge in [-0.2, -0.15) is 4.72 Å². The minimum Gasteiger partial charge on any atom is -0.298 e. The van der Waals surface area contributed by atoms with Crippen molar-refractivity contribution in [2.24, 2.45) is 0 Å². The number of benzene rings is 1. The highest BCUT2D eigenvalue weighted by Crippen LogP contribution is 2.29. The number of carbonyl (C=O) groups is 2. The van der Waals surface area contributed by atoms with E-state index in [-0.39, 0.29) is 15.5 Å². The summed E-state index contributed by atoms with van der Waals surface area (Å²) in [7, 11) is -3.87. The van der Waals surface area contributed by atoms with Gasteiger partial charge in [0.2, 0.25) is 10.0 Å². The molecular formula is C10H8ClNO4S. The van der Waals surface area contributed by atoms with Gasteiger partial charge in [0.15, 0.2) is 11.6 Å². The lowest BCUT2D eigenvalue weighted by atomic mass is 10.0. The molecule has 1 heterocycles. The molecule has 1 aromatic carbocycles. The highest BCUT2D eigenvalue weighted by Gasteiger charge is 2.39. The lowest BCUT2D eigenvalue weighted by Crippen LogP contribution is -2.49. The molecule has 1 atom stereocenters. The monoisotopic (exact) mass is 273 g/mol. The van der Waals surface area contributed by atoms with Crippen molar-refractivity contribution in [2.75, 3.05) is 0 Å². The van der Waals surface area contributed by atoms with Crippen LogP contribution in [0.1, 0.15) is 17.3 Å². The van der Waals surface area contributed by atoms with Crippen molar-refractivity contribution in [1.29, 1.82) is 0 Å². The molecule has 90 valence electrons. The van der Waals surface area contributed by atoms with E-state index in [4.69, 9.17) is 11.6 Å². The van der Waals surface area contributed by atoms with E-state index in [2.05, 4.69) is 0 Å². The Hall–Kier alpha value is -1.24. The van der Waals surface area contributed by atoms with Crippen molar-refractivity contribution in [3.05, 3.63) is 28.8 Å². The third kappa shape index (κ3) is 1.88. The predicted molar refractivity (Wildman–Crippen MR) is 60.6 cm³/mol. The highest BCUT2D eigenvalue weighted by molar-refractivity contribution is 7.89. The Labute approximate surface area is 103 Å². The van der Waals surface area contributed by atoms with Crippen LogP contribution in [-0.4, -0.2) is 26.0 Å². The average molecular weight is 274 g/mol. The molecule has 0 fully saturated rings. The topological polar surface area (TPSA) is 80.3 Å². The second kappa shape index (κ2) is 3.90. The van der Waals surface area contributed by atoms with Crippen LogP contribution in [0.15, 0.2) is 23.1 Å². The molecule has 0 aromatic heterocycles. The van der Waals surface area contributed by atoms with Crippen molar-refractivity contribution in [3.8, 4) is 0 Å². The van der Waals surface area contributed by atoms with Gasteiger partial charge in [-0.05, 0) is 19.1 Å². The molecule has 2 rings (SSSR count). The number of carbonyl (C=O) groups excluding carboxylic acids is 2. The Balaban J connectivity index is 2.75. The van der Waals surface area contributed by atoms with Gasteiger partial charge in [0.25, 0.3) is 0 Å². The fraction of sp³-hybridized carbons (Fsp3) is 0.200. The second-order valence-electron chi connectivity index (χ2n) is 3.64. The maximum Gasteiger partial charge on any atom is 0.242 e. The van der Waals surface area contributed by atoms with E-state index < -0.39 is 27.6 Å². The average Bonchev–Trinajstić information content (AvgIpc) is 2.23. The molecule has 5 nitrogen and oxygen atoms in total. The number of hydrogen-bond donors (Lipinski definition) is 1. The lowest BCUT2D eigenvalue weighted by molar-refractivity contribution is -0.117. The zero-order valence-corrected chi connectivity index (χ0v) is 10.3. The van der Waals surface area contributed by atoms with Crippen LogP contribution < -0.4 is 4.72 Å². The first kappa shape index (κ1) is 12.2. The van der Waals surface area contributed by atoms with E-state index in [9.17, 15) is 18.0 Å². The third-order valence-electron chi connectivity index (χ3n) is 2.45. The van der Waals surface area contributed by atoms with Crippen molar-refractivity contribution >= 4 is 33.2 Å². The number of sulfonamides is 1. The quantitative estimate of drug-likeness (QED) is 0.767. The fourth-order valence-electron chi connectivity index (χ4n) is 1.65. The molecule has 17 heavy (non-hydrogen) atoms. The van der Waals surface area contributed by atoms with Crippen LogP contribution in [-0.2, 0) is 14.8 Å². The summed E-state index contributed by atoms with van der Waals surface area (Å²) in [5.41, 5.74) is -0.117. The molecule has 0 radical (unpaired) electrons. The largest absolute Gasteiger partial charge is 0.298 e. The SMILES string of the molecule is CC(=O)C1NS(=O)(=O)c2cccc(Cl)c2C1=O. The van der Waals surface area contributed by atoms with Crippen LogP contribution in [0, 0.1) is 0 Å². The molecule has 1 N–H and O–H groups in total. The molecule has 1 unspecified atom stereocenters. The summed E-state index contributed by atoms with van der Waals surface area (Å²) in [5.74, 6) is -1.18. The van der Waals surface area contributed by atoms with Crippen molar-refractivity contribution in [2.45, 2.75) is 17.9 Å². The van der Waals surface area contributed by atoms with E-state index in [0.717, 1.165) is 6.92 Å². The van der Waals surface area contributed by atoms with E-state index in [1.807, 2.05) is 4.72 Å². The van der Waals surface area contributed by atoms with E-state index in [1.165, 1.54) is 18.2 Å². The lowest BCUT2D eigenvalue weighted by Gasteiger charge is -2.23. The fourth-order valence-corrected chi connectivity index (χ4v) is 3.42. The molecule has 0 amide bonds. The molecule has 0 spiro atoms. The van der Waals surface area contributed by atoms with Crippen LogP contribution in [0.3, 0.4) is 0 Å². The first-order chi connectivity index (χ1) is 7.84. The number of Topliss-reactive ketones (excluding diaryl/α,β-unsaturated/α-hetero) is 2. The Morgan fingerprint density at radius 3 is 2.65 bits per heavy atom. The standard InChI is InChI=1S/C10H8ClNO4S/c1-5(13)9-10(14)8-6(11)3-2-4-7(8)17(15,16)12-9/h2-4,9,12H,1H3. The van der Waals surface area contributed by atoms with Crippen LogP contribution in [0.25, 0.3) is 0 Å². The molecule has 7 heteroatoms. The van der Waals surface area contributed by atoms with Gasteiger partial charge in [-0.15, -0.1) is 0 Å². The third-order valence-corrected chi connectivity index (χ3v) is 4.23. The van der Waals surface area contributed by atoms with Crippen LogP contribution >= 0.6 is 11.6 Å². The molecule has 1 aliphatic rings. The van der Waals surface area contributed by atoms with Crippen LogP contribution in [0.5, 0.6) is 0 Å². The molecular weight excluding hydrogens is 266 g/mol. The normalized spacial score (nSPS) is 22.0.